The highest BCUT2D eigenvalue weighted by atomic mass is 16.3. The van der Waals surface area contributed by atoms with Gasteiger partial charge in [0.05, 0.1) is 16.5 Å². The lowest BCUT2D eigenvalue weighted by Crippen LogP contribution is -2.67. The van der Waals surface area contributed by atoms with Crippen molar-refractivity contribution in [2.75, 3.05) is 31.5 Å². The fraction of sp³-hybridized carbons (Fsp3) is 0.605. The average Bonchev–Trinajstić information content (AvgIpc) is 3.78. The second-order valence-electron chi connectivity index (χ2n) is 15.6. The van der Waals surface area contributed by atoms with Gasteiger partial charge in [0, 0.05) is 42.5 Å². The van der Waals surface area contributed by atoms with E-state index in [1.807, 2.05) is 0 Å². The molecule has 224 valence electrons. The number of aliphatic imine (C=N–C) groups is 1. The van der Waals surface area contributed by atoms with E-state index >= 15 is 0 Å². The maximum Gasteiger partial charge on any atom is 0.169 e. The summed E-state index contributed by atoms with van der Waals surface area (Å²) >= 11 is 0. The highest BCUT2D eigenvalue weighted by molar-refractivity contribution is 6.05. The highest BCUT2D eigenvalue weighted by Crippen LogP contribution is 2.66. The van der Waals surface area contributed by atoms with Gasteiger partial charge in [0.1, 0.15) is 0 Å². The molecule has 4 bridgehead atoms. The quantitative estimate of drug-likeness (QED) is 0.437. The van der Waals surface area contributed by atoms with E-state index in [0.717, 1.165) is 44.3 Å². The summed E-state index contributed by atoms with van der Waals surface area (Å²) in [6.07, 6.45) is 8.05. The monoisotopic (exact) mass is 574 g/mol. The summed E-state index contributed by atoms with van der Waals surface area (Å²) in [7, 11) is 0. The number of nitrogens with zero attached hydrogens (tertiary/aromatic N) is 3. The number of aliphatic hydroxyl groups is 1. The second kappa shape index (κ2) is 8.41. The molecule has 2 N–H and O–H groups in total. The Kier molecular flexibility index (Phi) is 5.05. The number of hydrogen-bond donors (Lipinski definition) is 2. The molecular weight excluding hydrogens is 528 g/mol. The molecule has 0 amide bonds. The number of nitrogens with one attached hydrogen (secondary N) is 1. The average molecular weight is 575 g/mol. The predicted octanol–water partition coefficient (Wildman–Crippen LogP) is 6.05. The lowest BCUT2D eigenvalue weighted by Gasteiger charge is -2.57. The van der Waals surface area contributed by atoms with Crippen LogP contribution in [0, 0.1) is 29.6 Å². The van der Waals surface area contributed by atoms with E-state index in [-0.39, 0.29) is 10.8 Å². The molecule has 8 aliphatic rings. The third kappa shape index (κ3) is 2.82. The molecule has 2 aromatic rings. The van der Waals surface area contributed by atoms with Crippen LogP contribution in [0.15, 0.2) is 59.6 Å². The summed E-state index contributed by atoms with van der Waals surface area (Å²) in [5.74, 6) is 2.79. The summed E-state index contributed by atoms with van der Waals surface area (Å²) in [5, 5.41) is 16.7. The van der Waals surface area contributed by atoms with Gasteiger partial charge >= 0.3 is 0 Å². The van der Waals surface area contributed by atoms with Gasteiger partial charge in [-0.25, -0.2) is 0 Å². The zero-order valence-electron chi connectivity index (χ0n) is 25.9. The van der Waals surface area contributed by atoms with Crippen LogP contribution in [0.2, 0.25) is 0 Å². The van der Waals surface area contributed by atoms with Crippen molar-refractivity contribution in [2.24, 2.45) is 34.6 Å². The molecule has 10 atom stereocenters. The molecule has 5 nitrogen and oxygen atoms in total. The molecule has 0 unspecified atom stereocenters. The van der Waals surface area contributed by atoms with Crippen LogP contribution in [0.25, 0.3) is 0 Å². The standard InChI is InChI=1S/C38H46N4O/c1-4-23-20-42-16-14-37-30-11-8-9-25(34(30)40-38(37,43)22(3)26(23)18-33(37)42)17-28-27-19-32-36(13-15-41(32)21-24(27)5-2)29-10-6-7-12-31(29)39-35(28)36/h6-12,23-24,26-28,32-33,40,43H,3-5,13-21H2,1-2H3/t23-,24-,26-,27+,28+,32+,33+,36-,37-,38-/m1/s1. The number of hydrogen-bond acceptors (Lipinski definition) is 5. The fourth-order valence-electron chi connectivity index (χ4n) is 12.7. The molecule has 2 spiro atoms. The van der Waals surface area contributed by atoms with Crippen LogP contribution in [0.5, 0.6) is 0 Å². The number of anilines is 1. The molecular formula is C38H46N4O. The van der Waals surface area contributed by atoms with E-state index < -0.39 is 5.72 Å². The van der Waals surface area contributed by atoms with E-state index in [4.69, 9.17) is 4.99 Å². The Bertz CT molecular complexity index is 1600. The summed E-state index contributed by atoms with van der Waals surface area (Å²) in [4.78, 5) is 11.1. The molecule has 2 aliphatic carbocycles. The van der Waals surface area contributed by atoms with Gasteiger partial charge in [-0.05, 0) is 97.2 Å². The Labute approximate surface area is 256 Å². The van der Waals surface area contributed by atoms with Gasteiger partial charge in [0.15, 0.2) is 5.72 Å². The van der Waals surface area contributed by atoms with Gasteiger partial charge in [-0.1, -0.05) is 69.7 Å². The first-order valence-electron chi connectivity index (χ1n) is 17.4. The van der Waals surface area contributed by atoms with Crippen molar-refractivity contribution in [2.45, 2.75) is 87.4 Å². The van der Waals surface area contributed by atoms with Crippen LogP contribution >= 0.6 is 0 Å². The SMILES string of the molecule is C=C1[C@H]2C[C@@H]3N(CC[C@@]34c3cccc(C[C@@H]5C6=Nc7ccccc7[C@@]67CCN6C[C@@H](CC)[C@@H]5C[C@H]67)c3N[C@@]14O)C[C@H]2CC. The van der Waals surface area contributed by atoms with E-state index in [2.05, 4.69) is 78.0 Å². The van der Waals surface area contributed by atoms with Gasteiger partial charge in [-0.15, -0.1) is 0 Å². The Hall–Kier alpha value is -2.47. The van der Waals surface area contributed by atoms with E-state index in [0.29, 0.717) is 41.7 Å². The van der Waals surface area contributed by atoms with Gasteiger partial charge in [0.2, 0.25) is 0 Å². The lowest BCUT2D eigenvalue weighted by atomic mass is 9.54. The molecule has 4 saturated heterocycles. The van der Waals surface area contributed by atoms with Crippen LogP contribution < -0.4 is 5.32 Å². The molecule has 10 rings (SSSR count). The van der Waals surface area contributed by atoms with Gasteiger partial charge in [-0.2, -0.15) is 0 Å². The topological polar surface area (TPSA) is 51.1 Å². The van der Waals surface area contributed by atoms with Gasteiger partial charge in [0.25, 0.3) is 0 Å². The second-order valence-corrected chi connectivity index (χ2v) is 15.6. The van der Waals surface area contributed by atoms with E-state index in [1.165, 1.54) is 66.1 Å². The van der Waals surface area contributed by atoms with Crippen molar-refractivity contribution in [1.29, 1.82) is 0 Å². The molecule has 43 heavy (non-hydrogen) atoms. The number of rotatable bonds is 4. The van der Waals surface area contributed by atoms with Gasteiger partial charge in [-0.3, -0.25) is 14.8 Å². The molecule has 6 aliphatic heterocycles. The minimum atomic E-state index is -1.07. The molecule has 6 heterocycles. The Morgan fingerprint density at radius 3 is 2.56 bits per heavy atom. The summed E-state index contributed by atoms with van der Waals surface area (Å²) in [6, 6.07) is 17.1. The lowest BCUT2D eigenvalue weighted by molar-refractivity contribution is -0.0600. The fourth-order valence-corrected chi connectivity index (χ4v) is 12.7. The smallest absolute Gasteiger partial charge is 0.169 e. The van der Waals surface area contributed by atoms with Crippen LogP contribution in [0.1, 0.15) is 69.1 Å². The van der Waals surface area contributed by atoms with Crippen molar-refractivity contribution in [1.82, 2.24) is 9.80 Å². The molecule has 0 radical (unpaired) electrons. The number of benzene rings is 2. The maximum atomic E-state index is 12.8. The molecule has 2 saturated carbocycles. The van der Waals surface area contributed by atoms with Crippen LogP contribution in [-0.4, -0.2) is 64.6 Å². The first-order chi connectivity index (χ1) is 20.9. The first-order valence-corrected chi connectivity index (χ1v) is 17.4. The largest absolute Gasteiger partial charge is 0.366 e. The number of fused-ring (bicyclic) bond motifs is 4. The predicted molar refractivity (Wildman–Crippen MR) is 172 cm³/mol. The first kappa shape index (κ1) is 25.8. The minimum Gasteiger partial charge on any atom is -0.366 e. The van der Waals surface area contributed by atoms with Crippen molar-refractivity contribution in [3.63, 3.8) is 0 Å². The molecule has 5 heteroatoms. The summed E-state index contributed by atoms with van der Waals surface area (Å²) < 4.78 is 0. The maximum absolute atomic E-state index is 12.8. The molecule has 0 aromatic heterocycles. The third-order valence-corrected chi connectivity index (χ3v) is 14.6. The van der Waals surface area contributed by atoms with Crippen LogP contribution in [0.4, 0.5) is 11.4 Å². The van der Waals surface area contributed by atoms with Crippen molar-refractivity contribution in [3.8, 4) is 0 Å². The summed E-state index contributed by atoms with van der Waals surface area (Å²) in [5.41, 5.74) is 7.94. The zero-order chi connectivity index (χ0) is 28.9. The van der Waals surface area contributed by atoms with Crippen molar-refractivity contribution in [3.05, 3.63) is 71.3 Å². The van der Waals surface area contributed by atoms with Crippen molar-refractivity contribution >= 4 is 17.1 Å². The Morgan fingerprint density at radius 1 is 0.930 bits per heavy atom. The Balaban J connectivity index is 1.10. The third-order valence-electron chi connectivity index (χ3n) is 14.6. The van der Waals surface area contributed by atoms with E-state index in [1.54, 1.807) is 0 Å². The number of para-hydroxylation sites is 2. The highest BCUT2D eigenvalue weighted by Gasteiger charge is 2.71. The molecule has 2 aromatic carbocycles. The van der Waals surface area contributed by atoms with Crippen LogP contribution in [0.3, 0.4) is 0 Å². The zero-order valence-corrected chi connectivity index (χ0v) is 25.9. The Morgan fingerprint density at radius 2 is 1.70 bits per heavy atom. The van der Waals surface area contributed by atoms with Crippen LogP contribution in [-0.2, 0) is 17.3 Å². The molecule has 6 fully saturated rings. The normalized spacial score (nSPS) is 44.9. The van der Waals surface area contributed by atoms with Crippen molar-refractivity contribution < 1.29 is 5.11 Å². The van der Waals surface area contributed by atoms with E-state index in [9.17, 15) is 5.11 Å². The summed E-state index contributed by atoms with van der Waals surface area (Å²) in [6.45, 7) is 14.1. The number of piperidine rings is 2. The minimum absolute atomic E-state index is 0.0825. The van der Waals surface area contributed by atoms with Gasteiger partial charge < -0.3 is 10.4 Å².